The molecule has 2 heterocycles. The summed E-state index contributed by atoms with van der Waals surface area (Å²) in [6.45, 7) is 5.14. The summed E-state index contributed by atoms with van der Waals surface area (Å²) in [4.78, 5) is 29.2. The van der Waals surface area contributed by atoms with Crippen LogP contribution in [0.5, 0.6) is 0 Å². The third-order valence-corrected chi connectivity index (χ3v) is 5.23. The monoisotopic (exact) mass is 379 g/mol. The Balaban J connectivity index is 1.58. The molecule has 0 aromatic heterocycles. The van der Waals surface area contributed by atoms with Crippen molar-refractivity contribution in [1.82, 2.24) is 9.80 Å². The van der Waals surface area contributed by atoms with Crippen molar-refractivity contribution >= 4 is 17.5 Å². The van der Waals surface area contributed by atoms with Crippen LogP contribution in [-0.4, -0.2) is 54.5 Å². The summed E-state index contributed by atoms with van der Waals surface area (Å²) in [6.07, 6.45) is 0.658. The summed E-state index contributed by atoms with van der Waals surface area (Å²) < 4.78 is 5.33. The third-order valence-electron chi connectivity index (χ3n) is 5.23. The molecular weight excluding hydrogens is 354 g/mol. The largest absolute Gasteiger partial charge is 0.378 e. The summed E-state index contributed by atoms with van der Waals surface area (Å²) in [6, 6.07) is 15.2. The van der Waals surface area contributed by atoms with Gasteiger partial charge in [-0.2, -0.15) is 0 Å². The SMILES string of the molecule is CCCN1C(=O)c2ccccc2C1Nc1cccc(C(=O)N2CCOCC2)c1. The van der Waals surface area contributed by atoms with Crippen molar-refractivity contribution < 1.29 is 14.3 Å². The Hall–Kier alpha value is -2.86. The molecule has 0 bridgehead atoms. The van der Waals surface area contributed by atoms with Crippen molar-refractivity contribution in [3.05, 3.63) is 65.2 Å². The van der Waals surface area contributed by atoms with Crippen molar-refractivity contribution in [2.45, 2.75) is 19.5 Å². The summed E-state index contributed by atoms with van der Waals surface area (Å²) in [5, 5.41) is 3.47. The van der Waals surface area contributed by atoms with Gasteiger partial charge in [0, 0.05) is 42.0 Å². The number of fused-ring (bicyclic) bond motifs is 1. The van der Waals surface area contributed by atoms with E-state index < -0.39 is 0 Å². The second-order valence-corrected chi connectivity index (χ2v) is 7.12. The Morgan fingerprint density at radius 1 is 1.14 bits per heavy atom. The highest BCUT2D eigenvalue weighted by Crippen LogP contribution is 2.34. The molecule has 146 valence electrons. The predicted octanol–water partition coefficient (Wildman–Crippen LogP) is 3.14. The van der Waals surface area contributed by atoms with Gasteiger partial charge in [-0.05, 0) is 30.7 Å². The van der Waals surface area contributed by atoms with Crippen LogP contribution in [0, 0.1) is 0 Å². The number of carbonyl (C=O) groups excluding carboxylic acids is 2. The van der Waals surface area contributed by atoms with Gasteiger partial charge in [0.05, 0.1) is 13.2 Å². The molecule has 0 radical (unpaired) electrons. The topological polar surface area (TPSA) is 61.9 Å². The lowest BCUT2D eigenvalue weighted by atomic mass is 10.1. The molecule has 0 spiro atoms. The van der Waals surface area contributed by atoms with Crippen LogP contribution in [0.25, 0.3) is 0 Å². The van der Waals surface area contributed by atoms with E-state index in [0.29, 0.717) is 38.4 Å². The van der Waals surface area contributed by atoms with Crippen molar-refractivity contribution in [2.75, 3.05) is 38.2 Å². The number of benzene rings is 2. The highest BCUT2D eigenvalue weighted by molar-refractivity contribution is 5.99. The standard InChI is InChI=1S/C22H25N3O3/c1-2-10-25-20(18-8-3-4-9-19(18)22(25)27)23-17-7-5-6-16(15-17)21(26)24-11-13-28-14-12-24/h3-9,15,20,23H,2,10-14H2,1H3. The van der Waals surface area contributed by atoms with Crippen LogP contribution in [0.15, 0.2) is 48.5 Å². The summed E-state index contributed by atoms with van der Waals surface area (Å²) in [5.41, 5.74) is 3.20. The van der Waals surface area contributed by atoms with E-state index in [1.807, 2.05) is 58.3 Å². The quantitative estimate of drug-likeness (QED) is 0.867. The first-order chi connectivity index (χ1) is 13.7. The molecule has 6 nitrogen and oxygen atoms in total. The van der Waals surface area contributed by atoms with Gasteiger partial charge < -0.3 is 19.9 Å². The van der Waals surface area contributed by atoms with Gasteiger partial charge in [0.1, 0.15) is 6.17 Å². The highest BCUT2D eigenvalue weighted by atomic mass is 16.5. The highest BCUT2D eigenvalue weighted by Gasteiger charge is 2.35. The number of amides is 2. The molecule has 1 unspecified atom stereocenters. The first-order valence-corrected chi connectivity index (χ1v) is 9.82. The van der Waals surface area contributed by atoms with Crippen LogP contribution < -0.4 is 5.32 Å². The molecule has 2 aromatic carbocycles. The maximum atomic E-state index is 12.8. The van der Waals surface area contributed by atoms with Gasteiger partial charge in [0.2, 0.25) is 0 Å². The molecule has 1 fully saturated rings. The number of rotatable bonds is 5. The predicted molar refractivity (Wildman–Crippen MR) is 107 cm³/mol. The van der Waals surface area contributed by atoms with Crippen LogP contribution >= 0.6 is 0 Å². The van der Waals surface area contributed by atoms with Crippen LogP contribution in [0.4, 0.5) is 5.69 Å². The van der Waals surface area contributed by atoms with E-state index in [2.05, 4.69) is 12.2 Å². The zero-order valence-corrected chi connectivity index (χ0v) is 16.1. The molecule has 4 rings (SSSR count). The van der Waals surface area contributed by atoms with Gasteiger partial charge in [-0.25, -0.2) is 0 Å². The minimum Gasteiger partial charge on any atom is -0.378 e. The summed E-state index contributed by atoms with van der Waals surface area (Å²) in [5.74, 6) is 0.0655. The molecule has 1 N–H and O–H groups in total. The fourth-order valence-corrected chi connectivity index (χ4v) is 3.85. The Bertz CT molecular complexity index is 877. The minimum atomic E-state index is -0.225. The van der Waals surface area contributed by atoms with E-state index in [9.17, 15) is 9.59 Å². The first-order valence-electron chi connectivity index (χ1n) is 9.82. The number of nitrogens with zero attached hydrogens (tertiary/aromatic N) is 2. The number of anilines is 1. The van der Waals surface area contributed by atoms with Crippen molar-refractivity contribution in [2.24, 2.45) is 0 Å². The average Bonchev–Trinajstić information content (AvgIpc) is 3.00. The lowest BCUT2D eigenvalue weighted by Gasteiger charge is -2.28. The van der Waals surface area contributed by atoms with E-state index in [4.69, 9.17) is 4.74 Å². The van der Waals surface area contributed by atoms with Crippen LogP contribution in [-0.2, 0) is 4.74 Å². The smallest absolute Gasteiger partial charge is 0.256 e. The number of ether oxygens (including phenoxy) is 1. The molecule has 0 saturated carbocycles. The maximum absolute atomic E-state index is 12.8. The molecule has 6 heteroatoms. The second kappa shape index (κ2) is 8.02. The molecule has 2 aromatic rings. The molecule has 1 saturated heterocycles. The Morgan fingerprint density at radius 2 is 1.93 bits per heavy atom. The van der Waals surface area contributed by atoms with Crippen LogP contribution in [0.3, 0.4) is 0 Å². The molecule has 2 aliphatic rings. The Kier molecular flexibility index (Phi) is 5.30. The third kappa shape index (κ3) is 3.47. The fraction of sp³-hybridized carbons (Fsp3) is 0.364. The van der Waals surface area contributed by atoms with E-state index in [-0.39, 0.29) is 18.0 Å². The average molecular weight is 379 g/mol. The zero-order valence-electron chi connectivity index (χ0n) is 16.1. The second-order valence-electron chi connectivity index (χ2n) is 7.12. The van der Waals surface area contributed by atoms with Gasteiger partial charge in [0.25, 0.3) is 11.8 Å². The number of morpholine rings is 1. The van der Waals surface area contributed by atoms with E-state index in [0.717, 1.165) is 23.2 Å². The summed E-state index contributed by atoms with van der Waals surface area (Å²) in [7, 11) is 0. The van der Waals surface area contributed by atoms with Crippen LogP contribution in [0.2, 0.25) is 0 Å². The Labute approximate surface area is 165 Å². The van der Waals surface area contributed by atoms with Crippen LogP contribution in [0.1, 0.15) is 45.8 Å². The fourth-order valence-electron chi connectivity index (χ4n) is 3.85. The number of carbonyl (C=O) groups is 2. The lowest BCUT2D eigenvalue weighted by Crippen LogP contribution is -2.40. The molecule has 1 atom stereocenters. The molecular formula is C22H25N3O3. The van der Waals surface area contributed by atoms with Gasteiger partial charge in [0.15, 0.2) is 0 Å². The van der Waals surface area contributed by atoms with Gasteiger partial charge in [-0.3, -0.25) is 9.59 Å². The minimum absolute atomic E-state index is 0.0141. The lowest BCUT2D eigenvalue weighted by molar-refractivity contribution is 0.0303. The molecule has 2 amide bonds. The van der Waals surface area contributed by atoms with E-state index in [1.165, 1.54) is 0 Å². The van der Waals surface area contributed by atoms with Crippen molar-refractivity contribution in [3.63, 3.8) is 0 Å². The van der Waals surface area contributed by atoms with E-state index >= 15 is 0 Å². The number of nitrogens with one attached hydrogen (secondary N) is 1. The molecule has 28 heavy (non-hydrogen) atoms. The maximum Gasteiger partial charge on any atom is 0.256 e. The van der Waals surface area contributed by atoms with Crippen molar-refractivity contribution in [1.29, 1.82) is 0 Å². The van der Waals surface area contributed by atoms with Gasteiger partial charge >= 0.3 is 0 Å². The van der Waals surface area contributed by atoms with Gasteiger partial charge in [-0.15, -0.1) is 0 Å². The number of hydrogen-bond donors (Lipinski definition) is 1. The first kappa shape index (κ1) is 18.5. The normalized spacial score (nSPS) is 18.9. The summed E-state index contributed by atoms with van der Waals surface area (Å²) >= 11 is 0. The molecule has 0 aliphatic carbocycles. The zero-order chi connectivity index (χ0) is 19.5. The van der Waals surface area contributed by atoms with Crippen molar-refractivity contribution in [3.8, 4) is 0 Å². The number of hydrogen-bond acceptors (Lipinski definition) is 4. The Morgan fingerprint density at radius 3 is 2.71 bits per heavy atom. The van der Waals surface area contributed by atoms with E-state index in [1.54, 1.807) is 0 Å². The van der Waals surface area contributed by atoms with Gasteiger partial charge in [-0.1, -0.05) is 31.2 Å². The molecule has 2 aliphatic heterocycles.